The Kier molecular flexibility index (Phi) is 4.90. The predicted octanol–water partition coefficient (Wildman–Crippen LogP) is 4.49. The van der Waals surface area contributed by atoms with Crippen LogP contribution in [0.5, 0.6) is 0 Å². The zero-order valence-corrected chi connectivity index (χ0v) is 13.0. The van der Waals surface area contributed by atoms with E-state index in [-0.39, 0.29) is 11.8 Å². The molecule has 0 spiro atoms. The van der Waals surface area contributed by atoms with Crippen molar-refractivity contribution in [3.8, 4) is 11.3 Å². The van der Waals surface area contributed by atoms with Crippen molar-refractivity contribution in [1.82, 2.24) is 4.98 Å². The molecular formula is C16H20N2OS. The number of thiazole rings is 1. The van der Waals surface area contributed by atoms with Crippen LogP contribution in [-0.2, 0) is 4.79 Å². The molecule has 1 atom stereocenters. The summed E-state index contributed by atoms with van der Waals surface area (Å²) in [5, 5.41) is 6.07. The third kappa shape index (κ3) is 3.67. The molecule has 0 aliphatic heterocycles. The maximum absolute atomic E-state index is 12.0. The first kappa shape index (κ1) is 14.7. The molecule has 0 fully saturated rings. The molecule has 106 valence electrons. The Morgan fingerprint density at radius 3 is 2.90 bits per heavy atom. The number of hydrogen-bond donors (Lipinski definition) is 1. The predicted molar refractivity (Wildman–Crippen MR) is 85.0 cm³/mol. The first-order valence-corrected chi connectivity index (χ1v) is 7.81. The van der Waals surface area contributed by atoms with Crippen molar-refractivity contribution in [1.29, 1.82) is 0 Å². The molecule has 1 heterocycles. The van der Waals surface area contributed by atoms with Crippen LogP contribution in [0.25, 0.3) is 11.3 Å². The lowest BCUT2D eigenvalue weighted by atomic mass is 10.1. The number of carbonyl (C=O) groups is 1. The van der Waals surface area contributed by atoms with Crippen LogP contribution in [0.1, 0.15) is 31.7 Å². The summed E-state index contributed by atoms with van der Waals surface area (Å²) >= 11 is 1.63. The monoisotopic (exact) mass is 288 g/mol. The fourth-order valence-electron chi connectivity index (χ4n) is 2.08. The average Bonchev–Trinajstić information content (AvgIpc) is 2.86. The molecule has 3 nitrogen and oxygen atoms in total. The quantitative estimate of drug-likeness (QED) is 0.880. The standard InChI is InChI=1S/C16H20N2OS/c1-4-6-11(2)16(19)18-14-8-5-7-13(9-14)15-10-20-12(3)17-15/h5,7-11H,4,6H2,1-3H3,(H,18,19). The van der Waals surface area contributed by atoms with Crippen molar-refractivity contribution in [3.63, 3.8) is 0 Å². The number of benzene rings is 1. The number of aromatic nitrogens is 1. The molecule has 0 saturated heterocycles. The molecule has 2 rings (SSSR count). The number of nitrogens with one attached hydrogen (secondary N) is 1. The molecule has 4 heteroatoms. The van der Waals surface area contributed by atoms with Crippen molar-refractivity contribution in [3.05, 3.63) is 34.7 Å². The van der Waals surface area contributed by atoms with Gasteiger partial charge in [0, 0.05) is 22.5 Å². The van der Waals surface area contributed by atoms with Gasteiger partial charge in [-0.25, -0.2) is 4.98 Å². The second kappa shape index (κ2) is 6.66. The molecule has 0 aliphatic rings. The normalized spacial score (nSPS) is 12.2. The van der Waals surface area contributed by atoms with Gasteiger partial charge in [0.1, 0.15) is 0 Å². The second-order valence-corrected chi connectivity index (χ2v) is 6.07. The third-order valence-electron chi connectivity index (χ3n) is 3.21. The molecule has 0 bridgehead atoms. The van der Waals surface area contributed by atoms with Crippen molar-refractivity contribution < 1.29 is 4.79 Å². The number of anilines is 1. The van der Waals surface area contributed by atoms with Gasteiger partial charge in [0.15, 0.2) is 0 Å². The third-order valence-corrected chi connectivity index (χ3v) is 3.99. The van der Waals surface area contributed by atoms with Crippen LogP contribution < -0.4 is 5.32 Å². The van der Waals surface area contributed by atoms with E-state index in [1.807, 2.05) is 43.5 Å². The highest BCUT2D eigenvalue weighted by atomic mass is 32.1. The summed E-state index contributed by atoms with van der Waals surface area (Å²) in [6.45, 7) is 6.05. The summed E-state index contributed by atoms with van der Waals surface area (Å²) in [4.78, 5) is 16.5. The van der Waals surface area contributed by atoms with Gasteiger partial charge >= 0.3 is 0 Å². The Labute approximate surface area is 124 Å². The second-order valence-electron chi connectivity index (χ2n) is 5.01. The van der Waals surface area contributed by atoms with Crippen molar-refractivity contribution >= 4 is 22.9 Å². The Balaban J connectivity index is 2.12. The SMILES string of the molecule is CCCC(C)C(=O)Nc1cccc(-c2csc(C)n2)c1. The van der Waals surface area contributed by atoms with Crippen LogP contribution in [-0.4, -0.2) is 10.9 Å². The largest absolute Gasteiger partial charge is 0.326 e. The van der Waals surface area contributed by atoms with Crippen LogP contribution in [0.4, 0.5) is 5.69 Å². The fourth-order valence-corrected chi connectivity index (χ4v) is 2.70. The van der Waals surface area contributed by atoms with E-state index >= 15 is 0 Å². The van der Waals surface area contributed by atoms with Crippen molar-refractivity contribution in [2.45, 2.75) is 33.6 Å². The highest BCUT2D eigenvalue weighted by molar-refractivity contribution is 7.09. The highest BCUT2D eigenvalue weighted by Gasteiger charge is 2.12. The number of rotatable bonds is 5. The van der Waals surface area contributed by atoms with Gasteiger partial charge in [-0.05, 0) is 25.5 Å². The molecule has 0 saturated carbocycles. The van der Waals surface area contributed by atoms with E-state index in [1.165, 1.54) is 0 Å². The van der Waals surface area contributed by atoms with Gasteiger partial charge in [0.05, 0.1) is 10.7 Å². The molecule has 1 amide bonds. The van der Waals surface area contributed by atoms with E-state index in [0.29, 0.717) is 0 Å². The van der Waals surface area contributed by atoms with Gasteiger partial charge in [-0.3, -0.25) is 4.79 Å². The fraction of sp³-hybridized carbons (Fsp3) is 0.375. The highest BCUT2D eigenvalue weighted by Crippen LogP contribution is 2.24. The molecule has 2 aromatic rings. The smallest absolute Gasteiger partial charge is 0.227 e. The summed E-state index contributed by atoms with van der Waals surface area (Å²) in [6.07, 6.45) is 1.93. The maximum Gasteiger partial charge on any atom is 0.227 e. The van der Waals surface area contributed by atoms with Crippen molar-refractivity contribution in [2.75, 3.05) is 5.32 Å². The molecule has 1 unspecified atom stereocenters. The van der Waals surface area contributed by atoms with Crippen LogP contribution in [0.2, 0.25) is 0 Å². The zero-order chi connectivity index (χ0) is 14.5. The Morgan fingerprint density at radius 1 is 1.45 bits per heavy atom. The summed E-state index contributed by atoms with van der Waals surface area (Å²) in [5.74, 6) is 0.128. The van der Waals surface area contributed by atoms with Crippen LogP contribution in [0, 0.1) is 12.8 Å². The Bertz CT molecular complexity index is 592. The van der Waals surface area contributed by atoms with E-state index in [2.05, 4.69) is 17.2 Å². The van der Waals surface area contributed by atoms with Gasteiger partial charge in [0.25, 0.3) is 0 Å². The number of amides is 1. The molecular weight excluding hydrogens is 268 g/mol. The lowest BCUT2D eigenvalue weighted by molar-refractivity contribution is -0.119. The van der Waals surface area contributed by atoms with Crippen LogP contribution in [0.3, 0.4) is 0 Å². The summed E-state index contributed by atoms with van der Waals surface area (Å²) in [5.41, 5.74) is 2.83. The van der Waals surface area contributed by atoms with E-state index < -0.39 is 0 Å². The number of aryl methyl sites for hydroxylation is 1. The van der Waals surface area contributed by atoms with Gasteiger partial charge in [-0.15, -0.1) is 11.3 Å². The van der Waals surface area contributed by atoms with Gasteiger partial charge in [0.2, 0.25) is 5.91 Å². The Morgan fingerprint density at radius 2 is 2.25 bits per heavy atom. The Hall–Kier alpha value is -1.68. The first-order valence-electron chi connectivity index (χ1n) is 6.93. The lowest BCUT2D eigenvalue weighted by Crippen LogP contribution is -2.20. The summed E-state index contributed by atoms with van der Waals surface area (Å²) < 4.78 is 0. The lowest BCUT2D eigenvalue weighted by Gasteiger charge is -2.11. The summed E-state index contributed by atoms with van der Waals surface area (Å²) in [7, 11) is 0. The first-order chi connectivity index (χ1) is 9.60. The van der Waals surface area contributed by atoms with E-state index in [4.69, 9.17) is 0 Å². The van der Waals surface area contributed by atoms with E-state index in [0.717, 1.165) is 34.8 Å². The minimum atomic E-state index is 0.0465. The average molecular weight is 288 g/mol. The number of nitrogens with zero attached hydrogens (tertiary/aromatic N) is 1. The van der Waals surface area contributed by atoms with Gasteiger partial charge in [-0.2, -0.15) is 0 Å². The topological polar surface area (TPSA) is 42.0 Å². The number of carbonyl (C=O) groups excluding carboxylic acids is 1. The molecule has 20 heavy (non-hydrogen) atoms. The summed E-state index contributed by atoms with van der Waals surface area (Å²) in [6, 6.07) is 7.86. The van der Waals surface area contributed by atoms with Gasteiger partial charge in [-0.1, -0.05) is 32.4 Å². The van der Waals surface area contributed by atoms with Crippen molar-refractivity contribution in [2.24, 2.45) is 5.92 Å². The molecule has 1 aromatic carbocycles. The number of hydrogen-bond acceptors (Lipinski definition) is 3. The molecule has 0 radical (unpaired) electrons. The molecule has 1 aromatic heterocycles. The minimum Gasteiger partial charge on any atom is -0.326 e. The molecule has 0 aliphatic carbocycles. The van der Waals surface area contributed by atoms with Gasteiger partial charge < -0.3 is 5.32 Å². The van der Waals surface area contributed by atoms with E-state index in [9.17, 15) is 4.79 Å². The zero-order valence-electron chi connectivity index (χ0n) is 12.1. The minimum absolute atomic E-state index is 0.0465. The maximum atomic E-state index is 12.0. The van der Waals surface area contributed by atoms with Crippen LogP contribution >= 0.6 is 11.3 Å². The van der Waals surface area contributed by atoms with E-state index in [1.54, 1.807) is 11.3 Å². The molecule has 1 N–H and O–H groups in total. The van der Waals surface area contributed by atoms with Crippen LogP contribution in [0.15, 0.2) is 29.6 Å².